The molecule has 0 aliphatic rings. The van der Waals surface area contributed by atoms with Crippen molar-refractivity contribution in [2.45, 2.75) is 0 Å². The lowest BCUT2D eigenvalue weighted by atomic mass is 10.0. The van der Waals surface area contributed by atoms with Gasteiger partial charge in [0.05, 0.1) is 24.7 Å². The number of fused-ring (bicyclic) bond motifs is 7. The van der Waals surface area contributed by atoms with Crippen LogP contribution in [-0.2, 0) is 0 Å². The second-order valence-electron chi connectivity index (χ2n) is 11.7. The van der Waals surface area contributed by atoms with E-state index in [1.807, 2.05) is 109 Å². The number of thiophene rings is 1. The molecule has 0 saturated carbocycles. The van der Waals surface area contributed by atoms with Crippen molar-refractivity contribution in [3.05, 3.63) is 170 Å². The minimum absolute atomic E-state index is 0.0236. The van der Waals surface area contributed by atoms with Crippen molar-refractivity contribution in [2.24, 2.45) is 0 Å². The largest absolute Gasteiger partial charge is 0.278 e. The Morgan fingerprint density at radius 2 is 1.02 bits per heavy atom. The lowest BCUT2D eigenvalue weighted by Crippen LogP contribution is -2.06. The van der Waals surface area contributed by atoms with Crippen LogP contribution in [0.15, 0.2) is 170 Å². The Hall–Kier alpha value is -6.43. The average Bonchev–Trinajstić information content (AvgIpc) is 3.87. The van der Waals surface area contributed by atoms with Gasteiger partial charge in [-0.15, -0.1) is 11.3 Å². The fraction of sp³-hybridized carbons (Fsp3) is 0. The van der Waals surface area contributed by atoms with Crippen LogP contribution in [0.25, 0.3) is 93.0 Å². The summed E-state index contributed by atoms with van der Waals surface area (Å²) >= 11 is 0.991. The summed E-state index contributed by atoms with van der Waals surface area (Å²) in [5.41, 5.74) is 5.00. The predicted molar refractivity (Wildman–Crippen MR) is 209 cm³/mol. The number of para-hydroxylation sites is 1. The molecule has 0 atom stereocenters. The molecule has 0 spiro atoms. The first kappa shape index (κ1) is 20.2. The Labute approximate surface area is 306 Å². The van der Waals surface area contributed by atoms with Gasteiger partial charge in [0.25, 0.3) is 0 Å². The van der Waals surface area contributed by atoms with Gasteiger partial charge in [0.15, 0.2) is 11.6 Å². The summed E-state index contributed by atoms with van der Waals surface area (Å²) in [7, 11) is 0. The highest BCUT2D eigenvalue weighted by atomic mass is 32.1. The summed E-state index contributed by atoms with van der Waals surface area (Å²) < 4.78 is 91.2. The second-order valence-corrected chi connectivity index (χ2v) is 12.7. The lowest BCUT2D eigenvalue weighted by molar-refractivity contribution is 0.954. The van der Waals surface area contributed by atoms with Crippen molar-refractivity contribution >= 4 is 53.3 Å². The summed E-state index contributed by atoms with van der Waals surface area (Å²) in [5, 5.41) is 0.395. The van der Waals surface area contributed by atoms with Crippen LogP contribution in [0.2, 0.25) is 0 Å². The van der Waals surface area contributed by atoms with Gasteiger partial charge in [0.2, 0.25) is 5.95 Å². The van der Waals surface area contributed by atoms with Gasteiger partial charge in [0, 0.05) is 42.1 Å². The predicted octanol–water partition coefficient (Wildman–Crippen LogP) is 12.0. The molecule has 10 rings (SSSR count). The van der Waals surface area contributed by atoms with E-state index in [0.29, 0.717) is 11.1 Å². The Morgan fingerprint density at radius 3 is 1.68 bits per heavy atom. The number of hydrogen-bond donors (Lipinski definition) is 0. The van der Waals surface area contributed by atoms with E-state index in [2.05, 4.69) is 0 Å². The van der Waals surface area contributed by atoms with E-state index >= 15 is 0 Å². The maximum Gasteiger partial charge on any atom is 0.238 e. The summed E-state index contributed by atoms with van der Waals surface area (Å²) in [6, 6.07) is 30.9. The fourth-order valence-corrected chi connectivity index (χ4v) is 7.55. The van der Waals surface area contributed by atoms with Gasteiger partial charge in [0.1, 0.15) is 0 Å². The molecule has 50 heavy (non-hydrogen) atoms. The highest BCUT2D eigenvalue weighted by Crippen LogP contribution is 2.43. The summed E-state index contributed by atoms with van der Waals surface area (Å²) in [4.78, 5) is 15.0. The minimum Gasteiger partial charge on any atom is -0.278 e. The van der Waals surface area contributed by atoms with Crippen LogP contribution >= 0.6 is 11.3 Å². The molecule has 0 fully saturated rings. The van der Waals surface area contributed by atoms with Crippen molar-refractivity contribution in [3.8, 4) is 51.0 Å². The monoisotopic (exact) mass is 666 g/mol. The van der Waals surface area contributed by atoms with Crippen molar-refractivity contribution < 1.29 is 13.7 Å². The van der Waals surface area contributed by atoms with Crippen molar-refractivity contribution in [3.63, 3.8) is 0 Å². The SMILES string of the molecule is [2H]c1c([2H])c([2H])c2c(sc3c2c([2H])c([2H])c2c3c3c([2H])c([2H])c([2H])c([2H])c3n2-c2nc(-c3cccc(-c4ccccc4)c3)nc(-c3cccc(-c4ccccc4)c3)n2)c1[2H]. The van der Waals surface area contributed by atoms with Crippen molar-refractivity contribution in [1.29, 1.82) is 0 Å². The van der Waals surface area contributed by atoms with Gasteiger partial charge >= 0.3 is 0 Å². The quantitative estimate of drug-likeness (QED) is 0.184. The third-order valence-electron chi connectivity index (χ3n) is 8.75. The molecule has 0 aliphatic heterocycles. The maximum absolute atomic E-state index is 9.57. The molecule has 4 nitrogen and oxygen atoms in total. The van der Waals surface area contributed by atoms with Crippen LogP contribution < -0.4 is 0 Å². The van der Waals surface area contributed by atoms with Gasteiger partial charge in [-0.1, -0.05) is 139 Å². The maximum atomic E-state index is 9.57. The van der Waals surface area contributed by atoms with Crippen LogP contribution in [0.1, 0.15) is 13.7 Å². The number of aromatic nitrogens is 4. The first-order chi connectivity index (χ1) is 28.9. The van der Waals surface area contributed by atoms with Crippen molar-refractivity contribution in [1.82, 2.24) is 19.5 Å². The first-order valence-electron chi connectivity index (χ1n) is 20.9. The van der Waals surface area contributed by atoms with Crippen LogP contribution in [0.3, 0.4) is 0 Å². The normalized spacial score (nSPS) is 14.4. The summed E-state index contributed by atoms with van der Waals surface area (Å²) in [6.07, 6.45) is 0. The topological polar surface area (TPSA) is 43.6 Å². The highest BCUT2D eigenvalue weighted by Gasteiger charge is 2.21. The van der Waals surface area contributed by atoms with E-state index in [1.165, 1.54) is 4.57 Å². The molecule has 0 saturated heterocycles. The molecule has 10 aromatic rings. The van der Waals surface area contributed by atoms with Gasteiger partial charge in [-0.25, -0.2) is 4.98 Å². The number of rotatable bonds is 5. The molecule has 3 heterocycles. The average molecular weight is 667 g/mol. The first-order valence-corrected chi connectivity index (χ1v) is 16.7. The van der Waals surface area contributed by atoms with Crippen LogP contribution in [0.4, 0.5) is 0 Å². The van der Waals surface area contributed by atoms with E-state index in [4.69, 9.17) is 23.2 Å². The molecule has 0 aliphatic carbocycles. The zero-order valence-corrected chi connectivity index (χ0v) is 26.9. The molecule has 0 N–H and O–H groups in total. The van der Waals surface area contributed by atoms with Crippen LogP contribution in [-0.4, -0.2) is 19.5 Å². The smallest absolute Gasteiger partial charge is 0.238 e. The minimum atomic E-state index is -0.526. The third-order valence-corrected chi connectivity index (χ3v) is 9.87. The van der Waals surface area contributed by atoms with E-state index in [-0.39, 0.29) is 83.7 Å². The molecule has 0 amide bonds. The molecule has 0 radical (unpaired) electrons. The molecule has 5 heteroatoms. The molecule has 234 valence electrons. The molecule has 7 aromatic carbocycles. The number of nitrogens with zero attached hydrogens (tertiary/aromatic N) is 4. The van der Waals surface area contributed by atoms with Gasteiger partial charge in [-0.2, -0.15) is 9.97 Å². The van der Waals surface area contributed by atoms with Gasteiger partial charge in [-0.05, 0) is 52.5 Å². The van der Waals surface area contributed by atoms with E-state index in [9.17, 15) is 5.48 Å². The van der Waals surface area contributed by atoms with E-state index in [1.54, 1.807) is 0 Å². The molecule has 0 unspecified atom stereocenters. The standard InChI is InChI=1S/C45H28N4S/c1-3-13-29(14-4-1)31-17-11-19-33(27-31)43-46-44(34-20-12-18-32(28-34)30-15-5-2-6-16-30)48-45(47-43)49-38-23-9-7-22-37(38)41-39(49)26-25-36-35-21-8-10-24-40(35)50-42(36)41/h1-28H/i7D,8D,9D,10D,21D,22D,23D,24D,25D,26D. The van der Waals surface area contributed by atoms with Crippen LogP contribution in [0.5, 0.6) is 0 Å². The van der Waals surface area contributed by atoms with E-state index in [0.717, 1.165) is 33.6 Å². The zero-order chi connectivity index (χ0) is 41.7. The summed E-state index contributed by atoms with van der Waals surface area (Å²) in [5.74, 6) is 0.434. The Bertz CT molecular complexity index is 3340. The van der Waals surface area contributed by atoms with Crippen molar-refractivity contribution in [2.75, 3.05) is 0 Å². The van der Waals surface area contributed by atoms with Gasteiger partial charge in [-0.3, -0.25) is 4.57 Å². The van der Waals surface area contributed by atoms with Crippen LogP contribution in [0, 0.1) is 0 Å². The Balaban J connectivity index is 1.36. The number of hydrogen-bond acceptors (Lipinski definition) is 4. The summed E-state index contributed by atoms with van der Waals surface area (Å²) in [6.45, 7) is 0. The Morgan fingerprint density at radius 1 is 0.460 bits per heavy atom. The molecule has 3 aromatic heterocycles. The Kier molecular flexibility index (Phi) is 4.69. The van der Waals surface area contributed by atoms with E-state index < -0.39 is 36.3 Å². The lowest BCUT2D eigenvalue weighted by Gasteiger charge is -2.12. The fourth-order valence-electron chi connectivity index (χ4n) is 6.43. The molecular formula is C45H28N4S. The molecule has 0 bridgehead atoms. The third kappa shape index (κ3) is 4.71. The molecular weight excluding hydrogens is 629 g/mol. The second kappa shape index (κ2) is 11.6. The van der Waals surface area contributed by atoms with Gasteiger partial charge < -0.3 is 0 Å². The number of benzene rings is 7. The highest BCUT2D eigenvalue weighted by molar-refractivity contribution is 7.26. The zero-order valence-electron chi connectivity index (χ0n) is 36.1.